The average Bonchev–Trinajstić information content (AvgIpc) is 2.52. The predicted octanol–water partition coefficient (Wildman–Crippen LogP) is 0.490. The van der Waals surface area contributed by atoms with E-state index in [4.69, 9.17) is 15.2 Å². The first-order chi connectivity index (χ1) is 8.20. The van der Waals surface area contributed by atoms with Crippen molar-refractivity contribution < 1.29 is 9.47 Å². The molecule has 0 amide bonds. The van der Waals surface area contributed by atoms with Gasteiger partial charge in [-0.15, -0.1) is 0 Å². The zero-order chi connectivity index (χ0) is 12.3. The van der Waals surface area contributed by atoms with Crippen LogP contribution in [0.1, 0.15) is 24.0 Å². The van der Waals surface area contributed by atoms with Crippen LogP contribution in [0.5, 0.6) is 5.88 Å². The van der Waals surface area contributed by atoms with E-state index >= 15 is 0 Å². The molecule has 2 rings (SSSR count). The van der Waals surface area contributed by atoms with Gasteiger partial charge < -0.3 is 15.2 Å². The van der Waals surface area contributed by atoms with Gasteiger partial charge in [-0.05, 0) is 6.92 Å². The van der Waals surface area contributed by atoms with E-state index in [9.17, 15) is 0 Å². The van der Waals surface area contributed by atoms with Gasteiger partial charge in [-0.3, -0.25) is 0 Å². The molecule has 0 saturated carbocycles. The average molecular weight is 237 g/mol. The molecule has 0 fully saturated rings. The number of nitrogens with two attached hydrogens (primary N) is 1. The number of rotatable bonds is 3. The Morgan fingerprint density at radius 1 is 1.35 bits per heavy atom. The lowest BCUT2D eigenvalue weighted by molar-refractivity contribution is 0.146. The Hall–Kier alpha value is -1.20. The van der Waals surface area contributed by atoms with Crippen LogP contribution in [-0.4, -0.2) is 36.3 Å². The maximum absolute atomic E-state index is 5.78. The summed E-state index contributed by atoms with van der Waals surface area (Å²) in [5, 5.41) is 0. The third-order valence-corrected chi connectivity index (χ3v) is 2.78. The predicted molar refractivity (Wildman–Crippen MR) is 64.2 cm³/mol. The fourth-order valence-electron chi connectivity index (χ4n) is 2.01. The van der Waals surface area contributed by atoms with Crippen molar-refractivity contribution in [3.63, 3.8) is 0 Å². The molecular weight excluding hydrogens is 218 g/mol. The van der Waals surface area contributed by atoms with Crippen molar-refractivity contribution in [2.24, 2.45) is 5.73 Å². The van der Waals surface area contributed by atoms with Gasteiger partial charge in [-0.25, -0.2) is 4.98 Å². The van der Waals surface area contributed by atoms with Crippen LogP contribution in [0.3, 0.4) is 0 Å². The Morgan fingerprint density at radius 3 is 2.82 bits per heavy atom. The number of methoxy groups -OCH3 is 1. The molecule has 0 radical (unpaired) electrons. The van der Waals surface area contributed by atoms with Crippen molar-refractivity contribution in [2.45, 2.75) is 32.2 Å². The monoisotopic (exact) mass is 237 g/mol. The van der Waals surface area contributed by atoms with Gasteiger partial charge in [0.25, 0.3) is 0 Å². The van der Waals surface area contributed by atoms with Crippen LogP contribution in [0.15, 0.2) is 0 Å². The van der Waals surface area contributed by atoms with E-state index in [-0.39, 0.29) is 6.04 Å². The summed E-state index contributed by atoms with van der Waals surface area (Å²) < 4.78 is 10.8. The molecular formula is C12H19N3O2. The number of hydrogen-bond acceptors (Lipinski definition) is 5. The van der Waals surface area contributed by atoms with Crippen LogP contribution in [0, 0.1) is 0 Å². The molecule has 1 unspecified atom stereocenters. The first-order valence-corrected chi connectivity index (χ1v) is 5.96. The summed E-state index contributed by atoms with van der Waals surface area (Å²) in [6.45, 7) is 3.37. The van der Waals surface area contributed by atoms with Crippen LogP contribution in [0.4, 0.5) is 0 Å². The standard InChI is InChI=1S/C12H19N3O2/c1-8(13)7-11-14-10-4-6-17-5-3-9(10)12(15-11)16-2/h8H,3-7,13H2,1-2H3. The second-order valence-corrected chi connectivity index (χ2v) is 4.37. The molecule has 2 N–H and O–H groups in total. The summed E-state index contributed by atoms with van der Waals surface area (Å²) in [5.41, 5.74) is 7.91. The maximum Gasteiger partial charge on any atom is 0.219 e. The van der Waals surface area contributed by atoms with Gasteiger partial charge in [-0.2, -0.15) is 4.98 Å². The van der Waals surface area contributed by atoms with E-state index in [2.05, 4.69) is 9.97 Å². The van der Waals surface area contributed by atoms with Crippen LogP contribution in [0.2, 0.25) is 0 Å². The van der Waals surface area contributed by atoms with Crippen molar-refractivity contribution in [1.29, 1.82) is 0 Å². The minimum absolute atomic E-state index is 0.0554. The van der Waals surface area contributed by atoms with E-state index in [0.717, 1.165) is 29.9 Å². The van der Waals surface area contributed by atoms with Crippen LogP contribution in [-0.2, 0) is 24.0 Å². The van der Waals surface area contributed by atoms with Gasteiger partial charge >= 0.3 is 0 Å². The molecule has 0 bridgehead atoms. The lowest BCUT2D eigenvalue weighted by atomic mass is 10.1. The fourth-order valence-corrected chi connectivity index (χ4v) is 2.01. The summed E-state index contributed by atoms with van der Waals surface area (Å²) in [4.78, 5) is 8.99. The Kier molecular flexibility index (Phi) is 3.91. The van der Waals surface area contributed by atoms with E-state index in [1.165, 1.54) is 0 Å². The topological polar surface area (TPSA) is 70.3 Å². The molecule has 5 heteroatoms. The third kappa shape index (κ3) is 2.92. The molecule has 94 valence electrons. The molecule has 17 heavy (non-hydrogen) atoms. The highest BCUT2D eigenvalue weighted by Gasteiger charge is 2.17. The van der Waals surface area contributed by atoms with Gasteiger partial charge in [0.1, 0.15) is 5.82 Å². The largest absolute Gasteiger partial charge is 0.481 e. The smallest absolute Gasteiger partial charge is 0.219 e. The highest BCUT2D eigenvalue weighted by molar-refractivity contribution is 5.32. The van der Waals surface area contributed by atoms with E-state index in [1.54, 1.807) is 7.11 Å². The van der Waals surface area contributed by atoms with Gasteiger partial charge in [0.15, 0.2) is 0 Å². The van der Waals surface area contributed by atoms with E-state index < -0.39 is 0 Å². The number of hydrogen-bond donors (Lipinski definition) is 1. The fraction of sp³-hybridized carbons (Fsp3) is 0.667. The molecule has 1 aliphatic rings. The summed E-state index contributed by atoms with van der Waals surface area (Å²) in [6.07, 6.45) is 2.31. The minimum atomic E-state index is 0.0554. The van der Waals surface area contributed by atoms with Crippen molar-refractivity contribution in [2.75, 3.05) is 20.3 Å². The summed E-state index contributed by atoms with van der Waals surface area (Å²) in [5.74, 6) is 1.44. The second-order valence-electron chi connectivity index (χ2n) is 4.37. The minimum Gasteiger partial charge on any atom is -0.481 e. The van der Waals surface area contributed by atoms with E-state index in [0.29, 0.717) is 25.5 Å². The van der Waals surface area contributed by atoms with Crippen molar-refractivity contribution in [3.05, 3.63) is 17.1 Å². The number of fused-ring (bicyclic) bond motifs is 1. The lowest BCUT2D eigenvalue weighted by Gasteiger charge is -2.12. The Bertz CT molecular complexity index is 394. The van der Waals surface area contributed by atoms with Gasteiger partial charge in [0.05, 0.1) is 26.0 Å². The summed E-state index contributed by atoms with van der Waals surface area (Å²) in [6, 6.07) is 0.0554. The molecule has 1 aliphatic heterocycles. The van der Waals surface area contributed by atoms with Crippen molar-refractivity contribution in [1.82, 2.24) is 9.97 Å². The second kappa shape index (κ2) is 5.42. The normalized spacial score (nSPS) is 17.1. The molecule has 1 aromatic rings. The number of ether oxygens (including phenoxy) is 2. The van der Waals surface area contributed by atoms with Gasteiger partial charge in [-0.1, -0.05) is 0 Å². The molecule has 1 aromatic heterocycles. The van der Waals surface area contributed by atoms with Crippen molar-refractivity contribution in [3.8, 4) is 5.88 Å². The molecule has 0 aliphatic carbocycles. The Labute approximate surface area is 101 Å². The summed E-state index contributed by atoms with van der Waals surface area (Å²) >= 11 is 0. The van der Waals surface area contributed by atoms with E-state index in [1.807, 2.05) is 6.92 Å². The SMILES string of the molecule is COc1nc(CC(C)N)nc2c1CCOCC2. The Balaban J connectivity index is 2.36. The van der Waals surface area contributed by atoms with Crippen molar-refractivity contribution >= 4 is 0 Å². The lowest BCUT2D eigenvalue weighted by Crippen LogP contribution is -2.20. The van der Waals surface area contributed by atoms with Crippen LogP contribution >= 0.6 is 0 Å². The summed E-state index contributed by atoms with van der Waals surface area (Å²) in [7, 11) is 1.64. The zero-order valence-electron chi connectivity index (χ0n) is 10.4. The first-order valence-electron chi connectivity index (χ1n) is 5.96. The zero-order valence-corrected chi connectivity index (χ0v) is 10.4. The molecule has 0 saturated heterocycles. The highest BCUT2D eigenvalue weighted by Crippen LogP contribution is 2.22. The number of nitrogens with zero attached hydrogens (tertiary/aromatic N) is 2. The van der Waals surface area contributed by atoms with Crippen LogP contribution < -0.4 is 10.5 Å². The first kappa shape index (κ1) is 12.3. The quantitative estimate of drug-likeness (QED) is 0.828. The molecule has 5 nitrogen and oxygen atoms in total. The van der Waals surface area contributed by atoms with Gasteiger partial charge in [0, 0.05) is 30.9 Å². The van der Waals surface area contributed by atoms with Crippen LogP contribution in [0.25, 0.3) is 0 Å². The molecule has 1 atom stereocenters. The highest BCUT2D eigenvalue weighted by atomic mass is 16.5. The Morgan fingerprint density at radius 2 is 2.12 bits per heavy atom. The number of aromatic nitrogens is 2. The molecule has 2 heterocycles. The van der Waals surface area contributed by atoms with Gasteiger partial charge in [0.2, 0.25) is 5.88 Å². The maximum atomic E-state index is 5.78. The third-order valence-electron chi connectivity index (χ3n) is 2.78. The molecule has 0 spiro atoms. The molecule has 0 aromatic carbocycles.